The minimum atomic E-state index is -0.288. The van der Waals surface area contributed by atoms with Gasteiger partial charge in [-0.3, -0.25) is 5.84 Å². The van der Waals surface area contributed by atoms with Crippen molar-refractivity contribution >= 4 is 7.12 Å². The summed E-state index contributed by atoms with van der Waals surface area (Å²) in [5.74, 6) is 6.03. The van der Waals surface area contributed by atoms with Crippen LogP contribution in [0.15, 0.2) is 0 Å². The van der Waals surface area contributed by atoms with Gasteiger partial charge in [0.25, 0.3) is 0 Å². The lowest BCUT2D eigenvalue weighted by molar-refractivity contribution is 0.00578. The molecule has 0 saturated carbocycles. The number of hydrogen-bond acceptors (Lipinski definition) is 4. The molecule has 5 heteroatoms. The molecule has 0 aromatic heterocycles. The molecule has 0 amide bonds. The zero-order valence-corrected chi connectivity index (χ0v) is 11.6. The van der Waals surface area contributed by atoms with E-state index in [4.69, 9.17) is 15.2 Å². The molecule has 1 atom stereocenters. The summed E-state index contributed by atoms with van der Waals surface area (Å²) in [5.41, 5.74) is -0.576. The summed E-state index contributed by atoms with van der Waals surface area (Å²) in [6.45, 7) is 14.4. The van der Waals surface area contributed by atoms with Crippen molar-refractivity contribution in [1.82, 2.24) is 5.01 Å². The molecule has 94 valence electrons. The van der Waals surface area contributed by atoms with E-state index in [1.165, 1.54) is 0 Å². The Morgan fingerprint density at radius 2 is 1.38 bits per heavy atom. The third-order valence-electron chi connectivity index (χ3n) is 3.73. The predicted molar refractivity (Wildman–Crippen MR) is 66.7 cm³/mol. The minimum Gasteiger partial charge on any atom is -0.402 e. The molecule has 0 aromatic rings. The molecular formula is C11H25BN2O2. The maximum absolute atomic E-state index is 5.99. The quantitative estimate of drug-likeness (QED) is 0.452. The van der Waals surface area contributed by atoms with Crippen LogP contribution in [0.2, 0.25) is 0 Å². The Balaban J connectivity index is 2.73. The highest BCUT2D eigenvalue weighted by atomic mass is 16.7. The second kappa shape index (κ2) is 4.29. The lowest BCUT2D eigenvalue weighted by atomic mass is 9.79. The van der Waals surface area contributed by atoms with Gasteiger partial charge < -0.3 is 9.31 Å². The molecule has 4 nitrogen and oxygen atoms in total. The molecule has 1 aliphatic heterocycles. The van der Waals surface area contributed by atoms with Crippen LogP contribution in [-0.2, 0) is 9.31 Å². The summed E-state index contributed by atoms with van der Waals surface area (Å²) in [7, 11) is -0.266. The maximum Gasteiger partial charge on any atom is 0.477 e. The first kappa shape index (κ1) is 14.0. The fourth-order valence-corrected chi connectivity index (χ4v) is 1.70. The van der Waals surface area contributed by atoms with Crippen molar-refractivity contribution in [2.75, 3.05) is 0 Å². The van der Waals surface area contributed by atoms with Gasteiger partial charge in [-0.15, -0.1) is 0 Å². The van der Waals surface area contributed by atoms with E-state index in [1.807, 2.05) is 6.92 Å². The highest BCUT2D eigenvalue weighted by Crippen LogP contribution is 2.37. The Morgan fingerprint density at radius 3 is 1.69 bits per heavy atom. The van der Waals surface area contributed by atoms with Crippen molar-refractivity contribution in [2.45, 2.75) is 71.7 Å². The van der Waals surface area contributed by atoms with Crippen LogP contribution in [0.4, 0.5) is 0 Å². The first-order chi connectivity index (χ1) is 7.08. The summed E-state index contributed by atoms with van der Waals surface area (Å²) >= 11 is 0. The first-order valence-electron chi connectivity index (χ1n) is 5.97. The van der Waals surface area contributed by atoms with Crippen molar-refractivity contribution in [3.8, 4) is 0 Å². The third-order valence-corrected chi connectivity index (χ3v) is 3.73. The Kier molecular flexibility index (Phi) is 3.75. The normalized spacial score (nSPS) is 25.5. The van der Waals surface area contributed by atoms with E-state index in [2.05, 4.69) is 41.5 Å². The van der Waals surface area contributed by atoms with Crippen molar-refractivity contribution < 1.29 is 9.31 Å². The molecular weight excluding hydrogens is 203 g/mol. The van der Waals surface area contributed by atoms with Gasteiger partial charge in [0.1, 0.15) is 0 Å². The minimum absolute atomic E-state index is 0.0426. The average molecular weight is 228 g/mol. The largest absolute Gasteiger partial charge is 0.477 e. The van der Waals surface area contributed by atoms with Crippen molar-refractivity contribution in [3.63, 3.8) is 0 Å². The van der Waals surface area contributed by atoms with E-state index >= 15 is 0 Å². The van der Waals surface area contributed by atoms with Crippen LogP contribution in [0.1, 0.15) is 48.5 Å². The van der Waals surface area contributed by atoms with E-state index in [-0.39, 0.29) is 30.3 Å². The molecule has 0 aliphatic carbocycles. The van der Waals surface area contributed by atoms with Gasteiger partial charge >= 0.3 is 7.12 Å². The Labute approximate surface area is 99.6 Å². The molecule has 0 spiro atoms. The average Bonchev–Trinajstić information content (AvgIpc) is 2.33. The van der Waals surface area contributed by atoms with Crippen molar-refractivity contribution in [3.05, 3.63) is 0 Å². The van der Waals surface area contributed by atoms with Gasteiger partial charge in [0, 0.05) is 6.04 Å². The molecule has 1 aliphatic rings. The molecule has 16 heavy (non-hydrogen) atoms. The Bertz CT molecular complexity index is 240. The zero-order chi connectivity index (χ0) is 12.7. The van der Waals surface area contributed by atoms with Gasteiger partial charge in [-0.05, 0) is 48.5 Å². The smallest absolute Gasteiger partial charge is 0.402 e. The van der Waals surface area contributed by atoms with Crippen LogP contribution in [0.3, 0.4) is 0 Å². The molecule has 1 unspecified atom stereocenters. The van der Waals surface area contributed by atoms with Crippen molar-refractivity contribution in [1.29, 1.82) is 0 Å². The summed E-state index contributed by atoms with van der Waals surface area (Å²) in [4.78, 5) is 0. The molecule has 1 heterocycles. The van der Waals surface area contributed by atoms with Gasteiger partial charge in [-0.1, -0.05) is 0 Å². The third kappa shape index (κ3) is 2.42. The summed E-state index contributed by atoms with van der Waals surface area (Å²) in [6, 6.07) is 0.272. The molecule has 0 bridgehead atoms. The van der Waals surface area contributed by atoms with Gasteiger partial charge in [0.05, 0.1) is 17.1 Å². The van der Waals surface area contributed by atoms with Gasteiger partial charge in [-0.2, -0.15) is 0 Å². The molecule has 1 saturated heterocycles. The van der Waals surface area contributed by atoms with E-state index in [0.717, 1.165) is 0 Å². The molecule has 1 rings (SSSR count). The molecule has 1 fully saturated rings. The first-order valence-corrected chi connectivity index (χ1v) is 5.97. The summed E-state index contributed by atoms with van der Waals surface area (Å²) < 4.78 is 11.9. The highest BCUT2D eigenvalue weighted by molar-refractivity contribution is 6.47. The number of rotatable bonds is 3. The Hall–Kier alpha value is -0.0951. The van der Waals surface area contributed by atoms with E-state index in [1.54, 1.807) is 5.01 Å². The van der Waals surface area contributed by atoms with E-state index in [9.17, 15) is 0 Å². The monoisotopic (exact) mass is 228 g/mol. The predicted octanol–water partition coefficient (Wildman–Crippen LogP) is 1.59. The van der Waals surface area contributed by atoms with Gasteiger partial charge in [0.2, 0.25) is 0 Å². The topological polar surface area (TPSA) is 47.7 Å². The molecule has 0 aromatic carbocycles. The second-order valence-electron chi connectivity index (χ2n) is 5.91. The number of hydrogen-bond donors (Lipinski definition) is 1. The molecule has 2 N–H and O–H groups in total. The fraction of sp³-hybridized carbons (Fsp3) is 1.00. The zero-order valence-electron chi connectivity index (χ0n) is 11.6. The summed E-state index contributed by atoms with van der Waals surface area (Å²) in [6.07, 6.45) is 0. The van der Waals surface area contributed by atoms with Crippen LogP contribution < -0.4 is 5.84 Å². The van der Waals surface area contributed by atoms with Gasteiger partial charge in [0.15, 0.2) is 0 Å². The SMILES string of the molecule is CC(C)N(N)C(C)B1OC(C)(C)C(C)(C)O1. The number of hydrazine groups is 1. The van der Waals surface area contributed by atoms with Crippen LogP contribution in [0.25, 0.3) is 0 Å². The lowest BCUT2D eigenvalue weighted by Gasteiger charge is -2.32. The number of nitrogens with zero attached hydrogens (tertiary/aromatic N) is 1. The standard InChI is InChI=1S/C11H25BN2O2/c1-8(2)14(13)9(3)12-15-10(4,5)11(6,7)16-12/h8-9H,13H2,1-7H3. The van der Waals surface area contributed by atoms with E-state index in [0.29, 0.717) is 0 Å². The van der Waals surface area contributed by atoms with E-state index < -0.39 is 0 Å². The lowest BCUT2D eigenvalue weighted by Crippen LogP contribution is -2.53. The summed E-state index contributed by atoms with van der Waals surface area (Å²) in [5, 5.41) is 1.78. The van der Waals surface area contributed by atoms with Crippen LogP contribution in [0.5, 0.6) is 0 Å². The molecule has 0 radical (unpaired) electrons. The highest BCUT2D eigenvalue weighted by Gasteiger charge is 2.53. The van der Waals surface area contributed by atoms with Crippen LogP contribution in [0, 0.1) is 0 Å². The maximum atomic E-state index is 5.99. The number of nitrogens with two attached hydrogens (primary N) is 1. The van der Waals surface area contributed by atoms with Crippen molar-refractivity contribution in [2.24, 2.45) is 5.84 Å². The fourth-order valence-electron chi connectivity index (χ4n) is 1.70. The van der Waals surface area contributed by atoms with Gasteiger partial charge in [-0.25, -0.2) is 5.01 Å². The van der Waals surface area contributed by atoms with Crippen LogP contribution >= 0.6 is 0 Å². The Morgan fingerprint density at radius 1 is 1.00 bits per heavy atom. The second-order valence-corrected chi connectivity index (χ2v) is 5.91. The van der Waals surface area contributed by atoms with Crippen LogP contribution in [-0.4, -0.2) is 35.3 Å².